The summed E-state index contributed by atoms with van der Waals surface area (Å²) in [4.78, 5) is 46.5. The summed E-state index contributed by atoms with van der Waals surface area (Å²) in [5.41, 5.74) is 1.61. The van der Waals surface area contributed by atoms with E-state index in [1.807, 2.05) is 18.2 Å². The van der Waals surface area contributed by atoms with Gasteiger partial charge in [-0.2, -0.15) is 0 Å². The topological polar surface area (TPSA) is 140 Å². The number of carbonyl (C=O) groups excluding carboxylic acids is 3. The standard InChI is InChI=1S/C46H64FN5O7S/c1-33(54)48-32-46(38-10-7-11-39(47)25-38,42-12-6-9-35(42)24-45(56)59-2)37-16-21-50(22-17-37)26-34-27-51(28-34)40-14-15-43(36(23-40)31-53)60(57,58)41-29-52(30-41)44(55)13-8-20-49-18-4-3-5-19-49/h7-8,10-11,13-15,23,25,34-35,37,41-42,53H,3-6,9,12,16-22,24,26-32H2,1-2H3,(H,48,54)/b13-8+/t35-,42+,46+/m1/s1. The van der Waals surface area contributed by atoms with Crippen LogP contribution in [0.2, 0.25) is 0 Å². The summed E-state index contributed by atoms with van der Waals surface area (Å²) >= 11 is 0. The minimum atomic E-state index is -3.74. The summed E-state index contributed by atoms with van der Waals surface area (Å²) in [6.45, 7) is 8.90. The molecule has 7 rings (SSSR count). The second kappa shape index (κ2) is 19.5. The van der Waals surface area contributed by atoms with E-state index in [-0.39, 0.29) is 59.3 Å². The normalized spacial score (nSPS) is 23.6. The number of sulfone groups is 1. The Kier molecular flexibility index (Phi) is 14.3. The van der Waals surface area contributed by atoms with Gasteiger partial charge in [0.15, 0.2) is 9.84 Å². The van der Waals surface area contributed by atoms with Crippen molar-refractivity contribution in [3.8, 4) is 0 Å². The van der Waals surface area contributed by atoms with E-state index in [9.17, 15) is 32.3 Å². The Balaban J connectivity index is 0.944. The third kappa shape index (κ3) is 9.77. The van der Waals surface area contributed by atoms with E-state index in [4.69, 9.17) is 4.74 Å². The molecule has 12 nitrogen and oxygen atoms in total. The van der Waals surface area contributed by atoms with Crippen molar-refractivity contribution >= 4 is 33.3 Å². The molecule has 0 aromatic heterocycles. The highest BCUT2D eigenvalue weighted by Crippen LogP contribution is 2.53. The third-order valence-corrected chi connectivity index (χ3v) is 16.5. The Morgan fingerprint density at radius 2 is 1.68 bits per heavy atom. The van der Waals surface area contributed by atoms with Gasteiger partial charge in [-0.1, -0.05) is 31.1 Å². The fourth-order valence-electron chi connectivity index (χ4n) is 11.0. The number of esters is 1. The van der Waals surface area contributed by atoms with Crippen LogP contribution in [0.1, 0.15) is 75.8 Å². The molecule has 60 heavy (non-hydrogen) atoms. The van der Waals surface area contributed by atoms with Gasteiger partial charge in [-0.15, -0.1) is 0 Å². The van der Waals surface area contributed by atoms with Crippen LogP contribution in [0.5, 0.6) is 0 Å². The number of methoxy groups -OCH3 is 1. The van der Waals surface area contributed by atoms with E-state index in [2.05, 4.69) is 20.0 Å². The van der Waals surface area contributed by atoms with Crippen LogP contribution >= 0.6 is 0 Å². The smallest absolute Gasteiger partial charge is 0.305 e. The highest BCUT2D eigenvalue weighted by Gasteiger charge is 2.52. The zero-order chi connectivity index (χ0) is 42.4. The fraction of sp³-hybridized carbons (Fsp3) is 0.630. The van der Waals surface area contributed by atoms with Crippen LogP contribution in [-0.4, -0.2) is 130 Å². The van der Waals surface area contributed by atoms with Crippen LogP contribution in [0.15, 0.2) is 59.5 Å². The number of halogens is 1. The Hall–Kier alpha value is -3.85. The van der Waals surface area contributed by atoms with Crippen LogP contribution in [0.25, 0.3) is 0 Å². The second-order valence-electron chi connectivity index (χ2n) is 18.0. The van der Waals surface area contributed by atoms with Crippen molar-refractivity contribution in [3.05, 3.63) is 71.6 Å². The predicted octanol–water partition coefficient (Wildman–Crippen LogP) is 4.55. The molecule has 0 unspecified atom stereocenters. The first-order valence-corrected chi connectivity index (χ1v) is 23.7. The number of piperidine rings is 2. The number of nitrogens with zero attached hydrogens (tertiary/aromatic N) is 4. The van der Waals surface area contributed by atoms with E-state index >= 15 is 0 Å². The zero-order valence-electron chi connectivity index (χ0n) is 35.4. The van der Waals surface area contributed by atoms with E-state index in [0.29, 0.717) is 24.4 Å². The van der Waals surface area contributed by atoms with Gasteiger partial charge in [0.1, 0.15) is 11.1 Å². The van der Waals surface area contributed by atoms with Crippen molar-refractivity contribution < 1.29 is 37.0 Å². The summed E-state index contributed by atoms with van der Waals surface area (Å²) in [7, 11) is -2.32. The van der Waals surface area contributed by atoms with Gasteiger partial charge in [-0.05, 0) is 124 Å². The first-order valence-electron chi connectivity index (χ1n) is 22.1. The maximum atomic E-state index is 15.0. The lowest BCUT2D eigenvalue weighted by atomic mass is 9.57. The highest BCUT2D eigenvalue weighted by atomic mass is 32.2. The van der Waals surface area contributed by atoms with Crippen LogP contribution in [0, 0.1) is 29.5 Å². The molecule has 0 bridgehead atoms. The number of benzene rings is 2. The molecule has 3 atom stereocenters. The van der Waals surface area contributed by atoms with Gasteiger partial charge in [0.25, 0.3) is 0 Å². The molecular weight excluding hydrogens is 786 g/mol. The van der Waals surface area contributed by atoms with Crippen molar-refractivity contribution in [2.24, 2.45) is 23.7 Å². The number of rotatable bonds is 16. The van der Waals surface area contributed by atoms with Crippen molar-refractivity contribution in [2.45, 2.75) is 86.9 Å². The minimum Gasteiger partial charge on any atom is -0.469 e. The lowest BCUT2D eigenvalue weighted by Gasteiger charge is -2.51. The Morgan fingerprint density at radius 1 is 0.933 bits per heavy atom. The number of anilines is 1. The first kappa shape index (κ1) is 44.2. The zero-order valence-corrected chi connectivity index (χ0v) is 36.2. The minimum absolute atomic E-state index is 0.0786. The predicted molar refractivity (Wildman–Crippen MR) is 228 cm³/mol. The van der Waals surface area contributed by atoms with Crippen LogP contribution in [0.4, 0.5) is 10.1 Å². The van der Waals surface area contributed by atoms with Gasteiger partial charge >= 0.3 is 5.97 Å². The summed E-state index contributed by atoms with van der Waals surface area (Å²) in [6, 6.07) is 12.1. The Labute approximate surface area is 355 Å². The van der Waals surface area contributed by atoms with E-state index in [1.54, 1.807) is 35.2 Å². The van der Waals surface area contributed by atoms with E-state index < -0.39 is 27.1 Å². The quantitative estimate of drug-likeness (QED) is 0.183. The van der Waals surface area contributed by atoms with Crippen molar-refractivity contribution in [3.63, 3.8) is 0 Å². The molecular formula is C46H64FN5O7S. The van der Waals surface area contributed by atoms with Crippen LogP contribution < -0.4 is 10.2 Å². The van der Waals surface area contributed by atoms with Gasteiger partial charge in [0.2, 0.25) is 11.8 Å². The van der Waals surface area contributed by atoms with Gasteiger partial charge in [-0.25, -0.2) is 12.8 Å². The molecule has 0 spiro atoms. The Morgan fingerprint density at radius 3 is 2.37 bits per heavy atom. The summed E-state index contributed by atoms with van der Waals surface area (Å²) < 4.78 is 47.4. The molecule has 5 aliphatic rings. The number of nitrogens with one attached hydrogen (secondary N) is 1. The molecule has 14 heteroatoms. The van der Waals surface area contributed by atoms with Crippen molar-refractivity contribution in [2.75, 3.05) is 84.0 Å². The SMILES string of the molecule is COC(=O)C[C@H]1CCC[C@@H]1[C@](CNC(C)=O)(c1cccc(F)c1)C1CCN(CC2CN(c3ccc(S(=O)(=O)C4CN(C(=O)/C=C/CN5CCCCC5)C4)c(CO)c3)C2)CC1. The van der Waals surface area contributed by atoms with Crippen molar-refractivity contribution in [1.29, 1.82) is 0 Å². The molecule has 2 amide bonds. The van der Waals surface area contributed by atoms with Gasteiger partial charge < -0.3 is 29.9 Å². The Bertz CT molecular complexity index is 1970. The average Bonchev–Trinajstić information content (AvgIpc) is 3.67. The van der Waals surface area contributed by atoms with Crippen LogP contribution in [0.3, 0.4) is 0 Å². The lowest BCUT2D eigenvalue weighted by Crippen LogP contribution is -2.56. The first-order chi connectivity index (χ1) is 28.9. The molecule has 4 saturated heterocycles. The third-order valence-electron chi connectivity index (χ3n) is 14.3. The molecule has 5 fully saturated rings. The van der Waals surface area contributed by atoms with Crippen LogP contribution in [-0.2, 0) is 41.0 Å². The molecule has 328 valence electrons. The summed E-state index contributed by atoms with van der Waals surface area (Å²) in [6.07, 6.45) is 11.9. The van der Waals surface area contributed by atoms with Gasteiger partial charge in [0, 0.05) is 82.3 Å². The number of aliphatic hydroxyl groups excluding tert-OH is 1. The van der Waals surface area contributed by atoms with Gasteiger partial charge in [-0.3, -0.25) is 19.3 Å². The molecule has 1 aliphatic carbocycles. The number of carbonyl (C=O) groups is 3. The molecule has 4 aliphatic heterocycles. The number of hydrogen-bond acceptors (Lipinski definition) is 10. The maximum Gasteiger partial charge on any atom is 0.305 e. The second-order valence-corrected chi connectivity index (χ2v) is 20.2. The number of ether oxygens (including phenoxy) is 1. The molecule has 1 saturated carbocycles. The highest BCUT2D eigenvalue weighted by molar-refractivity contribution is 7.92. The number of hydrogen-bond donors (Lipinski definition) is 2. The lowest BCUT2D eigenvalue weighted by molar-refractivity contribution is -0.142. The van der Waals surface area contributed by atoms with Gasteiger partial charge in [0.05, 0.1) is 18.6 Å². The number of amides is 2. The molecule has 2 N–H and O–H groups in total. The molecule has 4 heterocycles. The van der Waals surface area contributed by atoms with E-state index in [1.165, 1.54) is 39.4 Å². The average molecular weight is 850 g/mol. The number of aliphatic hydroxyl groups is 1. The number of likely N-dealkylation sites (tertiary alicyclic amines) is 3. The summed E-state index contributed by atoms with van der Waals surface area (Å²) in [5, 5.41) is 12.7. The monoisotopic (exact) mass is 849 g/mol. The summed E-state index contributed by atoms with van der Waals surface area (Å²) in [5.74, 6) is -0.0821. The maximum absolute atomic E-state index is 15.0. The molecule has 0 radical (unpaired) electrons. The molecule has 2 aromatic rings. The largest absolute Gasteiger partial charge is 0.469 e. The fourth-order valence-corrected chi connectivity index (χ4v) is 12.9. The molecule has 2 aromatic carbocycles. The van der Waals surface area contributed by atoms with E-state index in [0.717, 1.165) is 95.7 Å². The van der Waals surface area contributed by atoms with Crippen molar-refractivity contribution in [1.82, 2.24) is 20.0 Å².